The van der Waals surface area contributed by atoms with Crippen LogP contribution < -0.4 is 5.46 Å². The third-order valence-corrected chi connectivity index (χ3v) is 110. The number of aromatic nitrogens is 1. The van der Waals surface area contributed by atoms with E-state index in [-0.39, 0.29) is 18.3 Å². The SMILES string of the molecule is CC1(C)OB(c2ccc(-c3ccc(Cl)cc3)nc2)OC1(C)C.S=S=S=S=S=S=S=S=S=S=S=S=S=S=S=S=S=S=S=S=S=S=S=S=S=S=S=S=S=S=S=S=S=S=S=S=S=S=S=S=S=S=S=S=S=S=S=S=S=S. The predicted octanol–water partition coefficient (Wildman–Crippen LogP) is 3.58. The van der Waals surface area contributed by atoms with E-state index in [1.54, 1.807) is 107 Å². The zero-order valence-corrected chi connectivity index (χ0v) is 75.3. The van der Waals surface area contributed by atoms with Gasteiger partial charge in [-0.05, 0) is 45.9 Å². The Morgan fingerprint density at radius 3 is 0.764 bits per heavy atom. The lowest BCUT2D eigenvalue weighted by atomic mass is 9.80. The van der Waals surface area contributed by atoms with Gasteiger partial charge in [-0.1, -0.05) is 29.8 Å². The molecule has 0 aliphatic carbocycles. The van der Waals surface area contributed by atoms with Crippen molar-refractivity contribution in [1.29, 1.82) is 0 Å². The molecule has 1 aliphatic rings. The fraction of sp³-hybridized carbons (Fsp3) is 0.353. The molecule has 0 unspecified atom stereocenters. The second kappa shape index (κ2) is 57.1. The van der Waals surface area contributed by atoms with Crippen molar-refractivity contribution in [2.75, 3.05) is 0 Å². The second-order valence-electron chi connectivity index (χ2n) is 9.84. The molecule has 55 heteroatoms. The highest BCUT2D eigenvalue weighted by molar-refractivity contribution is 8.82. The van der Waals surface area contributed by atoms with Crippen LogP contribution in [-0.4, -0.2) is 23.3 Å². The second-order valence-corrected chi connectivity index (χ2v) is 95.2. The number of halogens is 1. The highest BCUT2D eigenvalue weighted by Crippen LogP contribution is 2.36. The number of hydrogen-bond donors (Lipinski definition) is 0. The van der Waals surface area contributed by atoms with Gasteiger partial charge >= 0.3 is 7.12 Å². The quantitative estimate of drug-likeness (QED) is 0.431. The summed E-state index contributed by atoms with van der Waals surface area (Å²) in [6, 6.07) is 11.6. The average molecular weight is 1920 g/mol. The Morgan fingerprint density at radius 1 is 0.347 bits per heavy atom. The number of benzene rings is 1. The van der Waals surface area contributed by atoms with E-state index >= 15 is 0 Å². The van der Waals surface area contributed by atoms with E-state index in [2.05, 4.69) is 4.98 Å². The summed E-state index contributed by atoms with van der Waals surface area (Å²) in [7, 11) is 85.3. The fourth-order valence-corrected chi connectivity index (χ4v) is 129. The van der Waals surface area contributed by atoms with Gasteiger partial charge in [0.05, 0.1) is 16.9 Å². The Labute approximate surface area is 570 Å². The lowest BCUT2D eigenvalue weighted by molar-refractivity contribution is 0.00578. The fourth-order valence-electron chi connectivity index (χ4n) is 2.84. The minimum Gasteiger partial charge on any atom is -0.399 e. The first kappa shape index (κ1) is 77.7. The molecule has 0 bridgehead atoms. The molecular weight excluding hydrogens is 1900 g/mol. The van der Waals surface area contributed by atoms with Crippen LogP contribution in [-0.2, 0) is 458 Å². The maximum Gasteiger partial charge on any atom is 0.496 e. The van der Waals surface area contributed by atoms with Gasteiger partial charge < -0.3 is 9.31 Å². The van der Waals surface area contributed by atoms with Crippen LogP contribution in [0.15, 0.2) is 42.6 Å². The standard InChI is InChI=1S/C17H19BClNO2.S50/c1-16(2)17(3,4)22-18(21-16)13-7-10-15(20-11-13)12-5-8-14(19)9-6-12;1-3-5-7-9-11-13-15-17-19-21-23-25-27-29-31-33-35-37-39-41-43-45-47-49-50-48-46-44-42-40-38-36-34-32-30-28-26-24-22-20-18-16-14-12-10-8-6-4-2/h5-11H,1-4H3;. The highest BCUT2D eigenvalue weighted by atomic mass is 35.5. The summed E-state index contributed by atoms with van der Waals surface area (Å²) >= 11 is 15.5. The van der Waals surface area contributed by atoms with Crippen molar-refractivity contribution in [1.82, 2.24) is 4.98 Å². The topological polar surface area (TPSA) is 31.4 Å². The number of hydrogen-bond acceptors (Lipinski definition) is 5. The summed E-state index contributed by atoms with van der Waals surface area (Å²) in [4.78, 5) is 4.52. The summed E-state index contributed by atoms with van der Waals surface area (Å²) in [6.45, 7) is 8.18. The molecule has 2 aromatic rings. The van der Waals surface area contributed by atoms with E-state index in [0.717, 1.165) is 21.7 Å². The first-order valence-electron chi connectivity index (χ1n) is 15.5. The molecule has 0 N–H and O–H groups in total. The van der Waals surface area contributed by atoms with Gasteiger partial charge in [0.25, 0.3) is 0 Å². The van der Waals surface area contributed by atoms with Crippen LogP contribution in [0.2, 0.25) is 5.02 Å². The lowest BCUT2D eigenvalue weighted by Gasteiger charge is -2.32. The van der Waals surface area contributed by atoms with Crippen molar-refractivity contribution >= 4 is 473 Å². The predicted molar refractivity (Wildman–Crippen MR) is 459 cm³/mol. The number of pyridine rings is 1. The molecule has 3 rings (SSSR count). The third-order valence-electron chi connectivity index (χ3n) is 5.76. The molecule has 2 heterocycles. The Morgan fingerprint density at radius 2 is 0.569 bits per heavy atom. The molecule has 0 amide bonds. The third kappa shape index (κ3) is 45.9. The van der Waals surface area contributed by atoms with Crippen LogP contribution in [0.3, 0.4) is 0 Å². The lowest BCUT2D eigenvalue weighted by Crippen LogP contribution is -2.41. The zero-order chi connectivity index (χ0) is 51.9. The van der Waals surface area contributed by atoms with E-state index in [1.807, 2.05) is 372 Å². The maximum atomic E-state index is 6.03. The molecule has 0 radical (unpaired) electrons. The van der Waals surface area contributed by atoms with Gasteiger partial charge in [-0.15, -0.1) is 0 Å². The minimum atomic E-state index is -0.378. The van der Waals surface area contributed by atoms with E-state index < -0.39 is 0 Å². The van der Waals surface area contributed by atoms with E-state index in [4.69, 9.17) is 43.3 Å². The average Bonchev–Trinajstić information content (AvgIpc) is 3.60. The first-order chi connectivity index (χ1) is 35.2. The van der Waals surface area contributed by atoms with Crippen molar-refractivity contribution in [3.63, 3.8) is 0 Å². The van der Waals surface area contributed by atoms with E-state index in [0.29, 0.717) is 0 Å². The maximum absolute atomic E-state index is 6.03. The molecule has 72 heavy (non-hydrogen) atoms. The summed E-state index contributed by atoms with van der Waals surface area (Å²) < 4.78 is 12.1. The van der Waals surface area contributed by atoms with Crippen molar-refractivity contribution < 1.29 is 9.31 Å². The highest BCUT2D eigenvalue weighted by Gasteiger charge is 2.51. The Balaban J connectivity index is 0.000000659. The van der Waals surface area contributed by atoms with E-state index in [9.17, 15) is 0 Å². The van der Waals surface area contributed by atoms with Crippen molar-refractivity contribution in [3.8, 4) is 11.3 Å². The molecule has 1 saturated heterocycles. The van der Waals surface area contributed by atoms with Gasteiger partial charge in [-0.3, -0.25) is 4.98 Å². The Kier molecular flexibility index (Phi) is 61.7. The molecule has 0 saturated carbocycles. The largest absolute Gasteiger partial charge is 0.496 e. The monoisotopic (exact) mass is 1910 g/mol. The minimum absolute atomic E-state index is 0.341. The Bertz CT molecular complexity index is 4340. The molecule has 1 fully saturated rings. The van der Waals surface area contributed by atoms with Gasteiger partial charge in [0.2, 0.25) is 0 Å². The first-order valence-corrected chi connectivity index (χ1v) is 81.2. The molecule has 1 aliphatic heterocycles. The van der Waals surface area contributed by atoms with Gasteiger partial charge in [-0.25, -0.2) is 0 Å². The van der Waals surface area contributed by atoms with Crippen LogP contribution >= 0.6 is 11.6 Å². The van der Waals surface area contributed by atoms with Crippen molar-refractivity contribution in [3.05, 3.63) is 47.6 Å². The molecule has 3 nitrogen and oxygen atoms in total. The van der Waals surface area contributed by atoms with Gasteiger partial charge in [0, 0.05) is 471 Å². The van der Waals surface area contributed by atoms with Crippen LogP contribution in [0.25, 0.3) is 11.3 Å². The van der Waals surface area contributed by atoms with Crippen LogP contribution in [0.4, 0.5) is 0 Å². The molecule has 1 aromatic carbocycles. The molecule has 0 atom stereocenters. The Hall–Kier alpha value is 9.64. The smallest absolute Gasteiger partial charge is 0.399 e. The summed E-state index contributed by atoms with van der Waals surface area (Å²) in [5.41, 5.74) is 2.18. The van der Waals surface area contributed by atoms with Gasteiger partial charge in [0.1, 0.15) is 0 Å². The van der Waals surface area contributed by atoms with Crippen molar-refractivity contribution in [2.45, 2.75) is 38.9 Å². The summed E-state index contributed by atoms with van der Waals surface area (Å²) in [5, 5.41) is 0.720. The summed E-state index contributed by atoms with van der Waals surface area (Å²) in [6.07, 6.45) is 1.81. The number of nitrogens with zero attached hydrogens (tertiary/aromatic N) is 1. The zero-order valence-electron chi connectivity index (χ0n) is 33.7. The molecule has 414 valence electrons. The van der Waals surface area contributed by atoms with Crippen LogP contribution in [0.1, 0.15) is 27.7 Å². The molecular formula is C17H19BClNO2S50. The molecule has 1 aromatic heterocycles. The van der Waals surface area contributed by atoms with Gasteiger partial charge in [-0.2, -0.15) is 0 Å². The van der Waals surface area contributed by atoms with E-state index in [1.165, 1.54) is 17.8 Å². The number of rotatable bonds is 2. The molecule has 0 spiro atoms. The van der Waals surface area contributed by atoms with Crippen molar-refractivity contribution in [2.24, 2.45) is 0 Å². The normalized spacial score (nSPS) is 11.3. The summed E-state index contributed by atoms with van der Waals surface area (Å²) in [5.74, 6) is 0. The van der Waals surface area contributed by atoms with Crippen LogP contribution in [0.5, 0.6) is 0 Å². The van der Waals surface area contributed by atoms with Crippen LogP contribution in [0, 0.1) is 0 Å². The van der Waals surface area contributed by atoms with Gasteiger partial charge in [0.15, 0.2) is 0 Å².